The second kappa shape index (κ2) is 7.74. The van der Waals surface area contributed by atoms with Crippen LogP contribution in [0.15, 0.2) is 0 Å². The van der Waals surface area contributed by atoms with Crippen LogP contribution >= 0.6 is 0 Å². The van der Waals surface area contributed by atoms with Crippen molar-refractivity contribution in [1.29, 1.82) is 0 Å². The molecule has 0 atom stereocenters. The summed E-state index contributed by atoms with van der Waals surface area (Å²) in [6.45, 7) is 3.44. The van der Waals surface area contributed by atoms with Crippen molar-refractivity contribution in [3.63, 3.8) is 0 Å². The van der Waals surface area contributed by atoms with E-state index in [-0.39, 0.29) is 12.6 Å². The number of sulfonamides is 1. The summed E-state index contributed by atoms with van der Waals surface area (Å²) in [6.07, 6.45) is 3.50. The van der Waals surface area contributed by atoms with Gasteiger partial charge in [0.2, 0.25) is 15.9 Å². The smallest absolute Gasteiger partial charge is 0.323 e. The lowest BCUT2D eigenvalue weighted by molar-refractivity contribution is -0.143. The molecule has 7 nitrogen and oxygen atoms in total. The van der Waals surface area contributed by atoms with Crippen molar-refractivity contribution in [2.24, 2.45) is 5.92 Å². The Morgan fingerprint density at radius 2 is 1.81 bits per heavy atom. The summed E-state index contributed by atoms with van der Waals surface area (Å²) in [6, 6.07) is -0.117. The van der Waals surface area contributed by atoms with Crippen molar-refractivity contribution >= 4 is 21.9 Å². The first-order valence-electron chi connectivity index (χ1n) is 7.23. The molecule has 1 fully saturated rings. The summed E-state index contributed by atoms with van der Waals surface area (Å²) in [5, 5.41) is 8.69. The molecule has 0 unspecified atom stereocenters. The molecule has 0 heterocycles. The third kappa shape index (κ3) is 6.43. The number of carboxylic acids is 1. The maximum Gasteiger partial charge on any atom is 0.323 e. The number of hydrogen-bond donors (Lipinski definition) is 2. The fraction of sp³-hybridized carbons (Fsp3) is 0.846. The Morgan fingerprint density at radius 1 is 1.24 bits per heavy atom. The van der Waals surface area contributed by atoms with E-state index in [0.29, 0.717) is 5.92 Å². The molecule has 0 saturated heterocycles. The number of carboxylic acid groups (broad SMARTS) is 1. The van der Waals surface area contributed by atoms with Crippen LogP contribution in [0.4, 0.5) is 0 Å². The van der Waals surface area contributed by atoms with Crippen LogP contribution < -0.4 is 4.72 Å². The SMILES string of the molecule is CCN(CC(=O)O)C(=O)CS(=O)(=O)NC1CCC(C)CC1. The van der Waals surface area contributed by atoms with Gasteiger partial charge >= 0.3 is 5.97 Å². The fourth-order valence-electron chi connectivity index (χ4n) is 2.47. The predicted octanol–water partition coefficient (Wildman–Crippen LogP) is 0.418. The van der Waals surface area contributed by atoms with Crippen molar-refractivity contribution in [1.82, 2.24) is 9.62 Å². The zero-order chi connectivity index (χ0) is 16.0. The minimum Gasteiger partial charge on any atom is -0.480 e. The molecular weight excluding hydrogens is 296 g/mol. The van der Waals surface area contributed by atoms with Gasteiger partial charge in [0.15, 0.2) is 0 Å². The van der Waals surface area contributed by atoms with Crippen LogP contribution in [-0.2, 0) is 19.6 Å². The van der Waals surface area contributed by atoms with Gasteiger partial charge < -0.3 is 10.0 Å². The third-order valence-electron chi connectivity index (χ3n) is 3.74. The van der Waals surface area contributed by atoms with E-state index in [2.05, 4.69) is 11.6 Å². The van der Waals surface area contributed by atoms with Crippen molar-refractivity contribution in [2.45, 2.75) is 45.6 Å². The fourth-order valence-corrected chi connectivity index (χ4v) is 3.80. The Kier molecular flexibility index (Phi) is 6.60. The summed E-state index contributed by atoms with van der Waals surface area (Å²) in [5.74, 6) is -1.92. The van der Waals surface area contributed by atoms with Crippen molar-refractivity contribution in [3.8, 4) is 0 Å². The molecule has 0 spiro atoms. The van der Waals surface area contributed by atoms with Crippen LogP contribution in [0.1, 0.15) is 39.5 Å². The van der Waals surface area contributed by atoms with Gasteiger partial charge in [0.25, 0.3) is 0 Å². The van der Waals surface area contributed by atoms with E-state index < -0.39 is 34.2 Å². The first kappa shape index (κ1) is 17.9. The predicted molar refractivity (Wildman–Crippen MR) is 78.2 cm³/mol. The van der Waals surface area contributed by atoms with E-state index >= 15 is 0 Å². The Bertz CT molecular complexity index is 469. The number of nitrogens with zero attached hydrogens (tertiary/aromatic N) is 1. The Morgan fingerprint density at radius 3 is 2.29 bits per heavy atom. The van der Waals surface area contributed by atoms with Crippen LogP contribution in [0.2, 0.25) is 0 Å². The van der Waals surface area contributed by atoms with Crippen molar-refractivity contribution in [3.05, 3.63) is 0 Å². The molecule has 0 aromatic rings. The molecule has 122 valence electrons. The number of aliphatic carboxylic acids is 1. The van der Waals surface area contributed by atoms with Gasteiger partial charge in [-0.1, -0.05) is 6.92 Å². The lowest BCUT2D eigenvalue weighted by Crippen LogP contribution is -2.44. The first-order chi connectivity index (χ1) is 9.73. The summed E-state index contributed by atoms with van der Waals surface area (Å²) in [7, 11) is -3.72. The highest BCUT2D eigenvalue weighted by Gasteiger charge is 2.26. The second-order valence-electron chi connectivity index (χ2n) is 5.64. The molecule has 8 heteroatoms. The van der Waals surface area contributed by atoms with E-state index in [1.807, 2.05) is 0 Å². The summed E-state index contributed by atoms with van der Waals surface area (Å²) >= 11 is 0. The van der Waals surface area contributed by atoms with Gasteiger partial charge in [0, 0.05) is 12.6 Å². The number of amides is 1. The Hall–Kier alpha value is -1.15. The number of rotatable bonds is 7. The van der Waals surface area contributed by atoms with E-state index in [0.717, 1.165) is 30.6 Å². The average Bonchev–Trinajstić information content (AvgIpc) is 2.37. The molecule has 1 aliphatic rings. The molecule has 21 heavy (non-hydrogen) atoms. The second-order valence-corrected chi connectivity index (χ2v) is 7.39. The topological polar surface area (TPSA) is 104 Å². The van der Waals surface area contributed by atoms with Crippen LogP contribution in [-0.4, -0.2) is 55.2 Å². The van der Waals surface area contributed by atoms with Crippen LogP contribution in [0.5, 0.6) is 0 Å². The summed E-state index contributed by atoms with van der Waals surface area (Å²) in [4.78, 5) is 23.5. The minimum absolute atomic E-state index is 0.117. The quantitative estimate of drug-likeness (QED) is 0.707. The van der Waals surface area contributed by atoms with Crippen LogP contribution in [0.25, 0.3) is 0 Å². The number of nitrogens with one attached hydrogen (secondary N) is 1. The minimum atomic E-state index is -3.72. The molecule has 0 radical (unpaired) electrons. The van der Waals surface area contributed by atoms with Gasteiger partial charge in [-0.3, -0.25) is 9.59 Å². The molecule has 1 rings (SSSR count). The standard InChI is InChI=1S/C13H24N2O5S/c1-3-15(8-13(17)18)12(16)9-21(19,20)14-11-6-4-10(2)5-7-11/h10-11,14H,3-9H2,1-2H3,(H,17,18). The normalized spacial score (nSPS) is 22.8. The van der Waals surface area contributed by atoms with Crippen molar-refractivity contribution < 1.29 is 23.1 Å². The summed E-state index contributed by atoms with van der Waals surface area (Å²) < 4.78 is 26.5. The number of likely N-dealkylation sites (N-methyl/N-ethyl adjacent to an activating group) is 1. The van der Waals surface area contributed by atoms with Crippen LogP contribution in [0.3, 0.4) is 0 Å². The van der Waals surface area contributed by atoms with E-state index in [1.165, 1.54) is 0 Å². The molecule has 2 N–H and O–H groups in total. The number of hydrogen-bond acceptors (Lipinski definition) is 4. The van der Waals surface area contributed by atoms with E-state index in [9.17, 15) is 18.0 Å². The van der Waals surface area contributed by atoms with E-state index in [1.54, 1.807) is 6.92 Å². The molecule has 1 aliphatic carbocycles. The largest absolute Gasteiger partial charge is 0.480 e. The van der Waals surface area contributed by atoms with Crippen LogP contribution in [0, 0.1) is 5.92 Å². The van der Waals surface area contributed by atoms with Gasteiger partial charge in [-0.25, -0.2) is 13.1 Å². The molecule has 1 amide bonds. The van der Waals surface area contributed by atoms with Gasteiger partial charge in [0.05, 0.1) is 0 Å². The Labute approximate surface area is 125 Å². The molecule has 1 saturated carbocycles. The zero-order valence-electron chi connectivity index (χ0n) is 12.5. The lowest BCUT2D eigenvalue weighted by atomic mass is 9.88. The molecule has 0 aromatic heterocycles. The van der Waals surface area contributed by atoms with Gasteiger partial charge in [0.1, 0.15) is 12.3 Å². The first-order valence-corrected chi connectivity index (χ1v) is 8.88. The van der Waals surface area contributed by atoms with Crippen molar-refractivity contribution in [2.75, 3.05) is 18.8 Å². The third-order valence-corrected chi connectivity index (χ3v) is 5.06. The highest BCUT2D eigenvalue weighted by molar-refractivity contribution is 7.90. The van der Waals surface area contributed by atoms with E-state index in [4.69, 9.17) is 5.11 Å². The monoisotopic (exact) mass is 320 g/mol. The zero-order valence-corrected chi connectivity index (χ0v) is 13.4. The van der Waals surface area contributed by atoms with Gasteiger partial charge in [-0.2, -0.15) is 0 Å². The lowest BCUT2D eigenvalue weighted by Gasteiger charge is -2.27. The summed E-state index contributed by atoms with van der Waals surface area (Å²) in [5.41, 5.74) is 0. The highest BCUT2D eigenvalue weighted by Crippen LogP contribution is 2.23. The molecule has 0 bridgehead atoms. The maximum absolute atomic E-state index is 12.0. The highest BCUT2D eigenvalue weighted by atomic mass is 32.2. The number of carbonyl (C=O) groups excluding carboxylic acids is 1. The molecule has 0 aromatic carbocycles. The Balaban J connectivity index is 2.54. The maximum atomic E-state index is 12.0. The molecule has 0 aliphatic heterocycles. The molecular formula is C13H24N2O5S. The van der Waals surface area contributed by atoms with Gasteiger partial charge in [-0.15, -0.1) is 0 Å². The number of carbonyl (C=O) groups is 2. The average molecular weight is 320 g/mol. The van der Waals surface area contributed by atoms with Gasteiger partial charge in [-0.05, 0) is 38.5 Å².